The third kappa shape index (κ3) is 3.99. The Balaban J connectivity index is 1.93. The first kappa shape index (κ1) is 13.9. The first-order valence-corrected chi connectivity index (χ1v) is 7.59. The minimum Gasteiger partial charge on any atom is -0.354 e. The standard InChI is InChI=1S/C14H18N2O2S/c1-19-12-4-2-11(3-5-12)10-14(18)16-8-6-13(17)15-7-9-16/h2-5H,6-10H2,1H3,(H,15,17). The van der Waals surface area contributed by atoms with E-state index in [0.717, 1.165) is 5.56 Å². The van der Waals surface area contributed by atoms with Gasteiger partial charge in [-0.05, 0) is 24.0 Å². The molecule has 0 atom stereocenters. The van der Waals surface area contributed by atoms with Crippen LogP contribution in [0.3, 0.4) is 0 Å². The number of thioether (sulfide) groups is 1. The van der Waals surface area contributed by atoms with Crippen LogP contribution in [-0.4, -0.2) is 42.6 Å². The van der Waals surface area contributed by atoms with Crippen molar-refractivity contribution in [2.75, 3.05) is 25.9 Å². The van der Waals surface area contributed by atoms with Gasteiger partial charge in [0.05, 0.1) is 6.42 Å². The number of rotatable bonds is 3. The maximum atomic E-state index is 12.2. The topological polar surface area (TPSA) is 49.4 Å². The largest absolute Gasteiger partial charge is 0.354 e. The average molecular weight is 278 g/mol. The first-order chi connectivity index (χ1) is 9.19. The second kappa shape index (κ2) is 6.61. The van der Waals surface area contributed by atoms with Crippen LogP contribution in [0.4, 0.5) is 0 Å². The van der Waals surface area contributed by atoms with E-state index in [9.17, 15) is 9.59 Å². The Labute approximate surface area is 117 Å². The number of amides is 2. The van der Waals surface area contributed by atoms with Crippen LogP contribution in [-0.2, 0) is 16.0 Å². The zero-order valence-corrected chi connectivity index (χ0v) is 11.8. The maximum absolute atomic E-state index is 12.2. The highest BCUT2D eigenvalue weighted by Crippen LogP contribution is 2.15. The molecule has 1 heterocycles. The Morgan fingerprint density at radius 1 is 1.32 bits per heavy atom. The highest BCUT2D eigenvalue weighted by atomic mass is 32.2. The van der Waals surface area contributed by atoms with Gasteiger partial charge in [-0.3, -0.25) is 9.59 Å². The highest BCUT2D eigenvalue weighted by Gasteiger charge is 2.18. The van der Waals surface area contributed by atoms with E-state index in [2.05, 4.69) is 5.32 Å². The van der Waals surface area contributed by atoms with Crippen molar-refractivity contribution in [3.05, 3.63) is 29.8 Å². The summed E-state index contributed by atoms with van der Waals surface area (Å²) in [5, 5.41) is 2.77. The molecule has 0 bridgehead atoms. The van der Waals surface area contributed by atoms with E-state index in [1.807, 2.05) is 30.5 Å². The molecule has 1 aromatic carbocycles. The molecule has 0 unspecified atom stereocenters. The Morgan fingerprint density at radius 2 is 2.05 bits per heavy atom. The van der Waals surface area contributed by atoms with Gasteiger partial charge in [0.2, 0.25) is 11.8 Å². The van der Waals surface area contributed by atoms with Gasteiger partial charge in [-0.25, -0.2) is 0 Å². The maximum Gasteiger partial charge on any atom is 0.227 e. The number of nitrogens with one attached hydrogen (secondary N) is 1. The van der Waals surface area contributed by atoms with E-state index < -0.39 is 0 Å². The molecule has 1 N–H and O–H groups in total. The van der Waals surface area contributed by atoms with Crippen molar-refractivity contribution in [3.8, 4) is 0 Å². The molecule has 5 heteroatoms. The van der Waals surface area contributed by atoms with E-state index in [4.69, 9.17) is 0 Å². The van der Waals surface area contributed by atoms with E-state index in [0.29, 0.717) is 32.5 Å². The van der Waals surface area contributed by atoms with E-state index in [-0.39, 0.29) is 11.8 Å². The normalized spacial score (nSPS) is 15.8. The third-order valence-corrected chi connectivity index (χ3v) is 3.92. The van der Waals surface area contributed by atoms with Gasteiger partial charge in [0.1, 0.15) is 0 Å². The number of hydrogen-bond acceptors (Lipinski definition) is 3. The van der Waals surface area contributed by atoms with Crippen molar-refractivity contribution in [3.63, 3.8) is 0 Å². The SMILES string of the molecule is CSc1ccc(CC(=O)N2CCNC(=O)CC2)cc1. The molecular weight excluding hydrogens is 260 g/mol. The number of hydrogen-bond donors (Lipinski definition) is 1. The quantitative estimate of drug-likeness (QED) is 0.848. The molecule has 1 aliphatic heterocycles. The van der Waals surface area contributed by atoms with Gasteiger partial charge < -0.3 is 10.2 Å². The Morgan fingerprint density at radius 3 is 2.74 bits per heavy atom. The van der Waals surface area contributed by atoms with Gasteiger partial charge in [-0.15, -0.1) is 11.8 Å². The summed E-state index contributed by atoms with van der Waals surface area (Å²) in [6.07, 6.45) is 2.83. The second-order valence-corrected chi connectivity index (χ2v) is 5.39. The van der Waals surface area contributed by atoms with Crippen LogP contribution in [0, 0.1) is 0 Å². The predicted molar refractivity (Wildman–Crippen MR) is 76.1 cm³/mol. The second-order valence-electron chi connectivity index (χ2n) is 4.51. The van der Waals surface area contributed by atoms with Crippen LogP contribution in [0.15, 0.2) is 29.2 Å². The number of carbonyl (C=O) groups is 2. The van der Waals surface area contributed by atoms with Crippen LogP contribution in [0.1, 0.15) is 12.0 Å². The summed E-state index contributed by atoms with van der Waals surface area (Å²) in [4.78, 5) is 26.4. The van der Waals surface area contributed by atoms with Crippen LogP contribution >= 0.6 is 11.8 Å². The molecule has 1 aliphatic rings. The minimum atomic E-state index is 0.0274. The molecule has 4 nitrogen and oxygen atoms in total. The predicted octanol–water partition coefficient (Wildman–Crippen LogP) is 1.30. The molecule has 0 spiro atoms. The molecule has 1 saturated heterocycles. The first-order valence-electron chi connectivity index (χ1n) is 6.36. The molecule has 0 aromatic heterocycles. The Kier molecular flexibility index (Phi) is 4.85. The van der Waals surface area contributed by atoms with Crippen LogP contribution in [0.25, 0.3) is 0 Å². The van der Waals surface area contributed by atoms with Crippen LogP contribution < -0.4 is 5.32 Å². The number of carbonyl (C=O) groups excluding carboxylic acids is 2. The average Bonchev–Trinajstić information content (AvgIpc) is 2.64. The van der Waals surface area contributed by atoms with Gasteiger partial charge in [0.15, 0.2) is 0 Å². The summed E-state index contributed by atoms with van der Waals surface area (Å²) < 4.78 is 0. The van der Waals surface area contributed by atoms with Crippen LogP contribution in [0.2, 0.25) is 0 Å². The van der Waals surface area contributed by atoms with Crippen molar-refractivity contribution in [2.45, 2.75) is 17.7 Å². The highest BCUT2D eigenvalue weighted by molar-refractivity contribution is 7.98. The lowest BCUT2D eigenvalue weighted by atomic mass is 10.1. The summed E-state index contributed by atoms with van der Waals surface area (Å²) in [6.45, 7) is 1.68. The van der Waals surface area contributed by atoms with Crippen molar-refractivity contribution < 1.29 is 9.59 Å². The lowest BCUT2D eigenvalue weighted by molar-refractivity contribution is -0.130. The van der Waals surface area contributed by atoms with Gasteiger partial charge in [-0.1, -0.05) is 12.1 Å². The lowest BCUT2D eigenvalue weighted by Crippen LogP contribution is -2.35. The smallest absolute Gasteiger partial charge is 0.227 e. The number of nitrogens with zero attached hydrogens (tertiary/aromatic N) is 1. The molecule has 0 radical (unpaired) electrons. The summed E-state index contributed by atoms with van der Waals surface area (Å²) in [5.41, 5.74) is 1.02. The van der Waals surface area contributed by atoms with Gasteiger partial charge in [0, 0.05) is 31.0 Å². The fraction of sp³-hybridized carbons (Fsp3) is 0.429. The molecule has 102 valence electrons. The zero-order valence-electron chi connectivity index (χ0n) is 11.0. The minimum absolute atomic E-state index is 0.0274. The molecule has 2 amide bonds. The fourth-order valence-electron chi connectivity index (χ4n) is 2.05. The van der Waals surface area contributed by atoms with Crippen LogP contribution in [0.5, 0.6) is 0 Å². The summed E-state index contributed by atoms with van der Waals surface area (Å²) in [5.74, 6) is 0.119. The zero-order chi connectivity index (χ0) is 13.7. The Hall–Kier alpha value is -1.49. The van der Waals surface area contributed by atoms with Crippen molar-refractivity contribution in [1.29, 1.82) is 0 Å². The van der Waals surface area contributed by atoms with Crippen molar-refractivity contribution >= 4 is 23.6 Å². The van der Waals surface area contributed by atoms with Crippen molar-refractivity contribution in [2.24, 2.45) is 0 Å². The fourth-order valence-corrected chi connectivity index (χ4v) is 2.45. The van der Waals surface area contributed by atoms with E-state index in [1.54, 1.807) is 16.7 Å². The molecule has 1 fully saturated rings. The third-order valence-electron chi connectivity index (χ3n) is 3.18. The molecule has 0 saturated carbocycles. The Bertz CT molecular complexity index is 459. The van der Waals surface area contributed by atoms with Crippen molar-refractivity contribution in [1.82, 2.24) is 10.2 Å². The molecular formula is C14H18N2O2S. The summed E-state index contributed by atoms with van der Waals surface area (Å²) in [6, 6.07) is 8.04. The number of benzene rings is 1. The summed E-state index contributed by atoms with van der Waals surface area (Å²) in [7, 11) is 0. The molecule has 19 heavy (non-hydrogen) atoms. The van der Waals surface area contributed by atoms with Gasteiger partial charge in [-0.2, -0.15) is 0 Å². The van der Waals surface area contributed by atoms with E-state index >= 15 is 0 Å². The lowest BCUT2D eigenvalue weighted by Gasteiger charge is -2.19. The molecule has 1 aromatic rings. The monoisotopic (exact) mass is 278 g/mol. The van der Waals surface area contributed by atoms with E-state index in [1.165, 1.54) is 4.90 Å². The van der Waals surface area contributed by atoms with Gasteiger partial charge >= 0.3 is 0 Å². The molecule has 0 aliphatic carbocycles. The molecule has 2 rings (SSSR count). The van der Waals surface area contributed by atoms with Gasteiger partial charge in [0.25, 0.3) is 0 Å². The summed E-state index contributed by atoms with van der Waals surface area (Å²) >= 11 is 1.69.